The summed E-state index contributed by atoms with van der Waals surface area (Å²) in [5, 5.41) is 2.85. The van der Waals surface area contributed by atoms with Crippen LogP contribution in [0.25, 0.3) is 0 Å². The molecule has 0 saturated heterocycles. The molecule has 1 aromatic heterocycles. The molecule has 2 atom stereocenters. The van der Waals surface area contributed by atoms with Crippen LogP contribution in [0.1, 0.15) is 34.8 Å². The minimum absolute atomic E-state index is 0.0812. The van der Waals surface area contributed by atoms with Crippen LogP contribution in [0.15, 0.2) is 47.1 Å². The zero-order chi connectivity index (χ0) is 17.7. The highest BCUT2D eigenvalue weighted by Crippen LogP contribution is 2.14. The number of benzene rings is 1. The first-order valence-corrected chi connectivity index (χ1v) is 7.61. The third kappa shape index (κ3) is 4.45. The predicted octanol–water partition coefficient (Wildman–Crippen LogP) is 2.87. The molecule has 0 fully saturated rings. The topological polar surface area (TPSA) is 85.6 Å². The van der Waals surface area contributed by atoms with E-state index in [0.717, 1.165) is 0 Å². The van der Waals surface area contributed by atoms with Gasteiger partial charge in [0.05, 0.1) is 6.26 Å². The van der Waals surface area contributed by atoms with Crippen LogP contribution < -0.4 is 5.32 Å². The maximum Gasteiger partial charge on any atom is 0.329 e. The Balaban J connectivity index is 1.93. The fourth-order valence-corrected chi connectivity index (χ4v) is 2.13. The number of esters is 1. The molecule has 2 rings (SSSR count). The summed E-state index contributed by atoms with van der Waals surface area (Å²) in [6.45, 7) is 2.92. The van der Waals surface area contributed by atoms with Gasteiger partial charge >= 0.3 is 5.97 Å². The molecule has 0 aliphatic rings. The van der Waals surface area contributed by atoms with Crippen LogP contribution in [0.2, 0.25) is 5.02 Å². The number of halogens is 1. The molecule has 0 spiro atoms. The Hall–Kier alpha value is -2.60. The zero-order valence-electron chi connectivity index (χ0n) is 13.1. The molecule has 126 valence electrons. The minimum atomic E-state index is -1.00. The molecular formula is C17H16ClNO5. The van der Waals surface area contributed by atoms with Crippen molar-refractivity contribution in [2.24, 2.45) is 0 Å². The van der Waals surface area contributed by atoms with Gasteiger partial charge in [-0.25, -0.2) is 4.79 Å². The predicted molar refractivity (Wildman–Crippen MR) is 87.0 cm³/mol. The van der Waals surface area contributed by atoms with Crippen LogP contribution in [0.5, 0.6) is 0 Å². The molecule has 1 heterocycles. The number of hydrogen-bond donors (Lipinski definition) is 1. The SMILES string of the molecule is CC(OC(=O)[C@H](C)NC(=O)c1ccco1)C(=O)c1cccc(Cl)c1. The van der Waals surface area contributed by atoms with Gasteiger partial charge in [-0.3, -0.25) is 9.59 Å². The summed E-state index contributed by atoms with van der Waals surface area (Å²) in [6, 6.07) is 8.45. The molecule has 0 radical (unpaired) electrons. The van der Waals surface area contributed by atoms with Gasteiger partial charge in [-0.1, -0.05) is 23.7 Å². The van der Waals surface area contributed by atoms with E-state index in [-0.39, 0.29) is 11.5 Å². The standard InChI is InChI=1S/C17H16ClNO5/c1-10(19-16(21)14-7-4-8-23-14)17(22)24-11(2)15(20)12-5-3-6-13(18)9-12/h3-11H,1-2H3,(H,19,21)/t10-,11?/m0/s1. The maximum atomic E-state index is 12.2. The number of nitrogens with one attached hydrogen (secondary N) is 1. The van der Waals surface area contributed by atoms with E-state index in [9.17, 15) is 14.4 Å². The number of furan rings is 1. The second kappa shape index (κ2) is 7.79. The average Bonchev–Trinajstić information content (AvgIpc) is 3.08. The molecular weight excluding hydrogens is 334 g/mol. The van der Waals surface area contributed by atoms with Gasteiger partial charge in [0, 0.05) is 10.6 Å². The lowest BCUT2D eigenvalue weighted by molar-refractivity contribution is -0.148. The third-order valence-corrected chi connectivity index (χ3v) is 3.45. The molecule has 7 heteroatoms. The normalized spacial score (nSPS) is 13.0. The summed E-state index contributed by atoms with van der Waals surface area (Å²) in [5.74, 6) is -1.57. The van der Waals surface area contributed by atoms with E-state index in [1.54, 1.807) is 24.3 Å². The van der Waals surface area contributed by atoms with E-state index in [1.165, 1.54) is 32.2 Å². The minimum Gasteiger partial charge on any atom is -0.459 e. The van der Waals surface area contributed by atoms with Gasteiger partial charge in [0.1, 0.15) is 6.04 Å². The Morgan fingerprint density at radius 2 is 1.92 bits per heavy atom. The summed E-state index contributed by atoms with van der Waals surface area (Å²) in [4.78, 5) is 36.0. The molecule has 0 aliphatic heterocycles. The van der Waals surface area contributed by atoms with E-state index < -0.39 is 24.0 Å². The summed E-state index contributed by atoms with van der Waals surface area (Å²) >= 11 is 5.84. The Bertz CT molecular complexity index is 741. The molecule has 0 saturated carbocycles. The number of carbonyl (C=O) groups excluding carboxylic acids is 3. The van der Waals surface area contributed by atoms with Crippen LogP contribution >= 0.6 is 11.6 Å². The van der Waals surface area contributed by atoms with Gasteiger partial charge in [0.15, 0.2) is 11.9 Å². The molecule has 1 aromatic carbocycles. The van der Waals surface area contributed by atoms with E-state index in [2.05, 4.69) is 5.32 Å². The van der Waals surface area contributed by atoms with Crippen LogP contribution in [0.4, 0.5) is 0 Å². The van der Waals surface area contributed by atoms with Gasteiger partial charge in [-0.15, -0.1) is 0 Å². The van der Waals surface area contributed by atoms with Gasteiger partial charge < -0.3 is 14.5 Å². The molecule has 24 heavy (non-hydrogen) atoms. The van der Waals surface area contributed by atoms with Crippen molar-refractivity contribution in [1.82, 2.24) is 5.32 Å². The fraction of sp³-hybridized carbons (Fsp3) is 0.235. The highest BCUT2D eigenvalue weighted by atomic mass is 35.5. The Labute approximate surface area is 143 Å². The number of ketones is 1. The average molecular weight is 350 g/mol. The van der Waals surface area contributed by atoms with Crippen molar-refractivity contribution in [3.8, 4) is 0 Å². The number of ether oxygens (including phenoxy) is 1. The molecule has 0 bridgehead atoms. The first-order valence-electron chi connectivity index (χ1n) is 7.23. The van der Waals surface area contributed by atoms with Crippen molar-refractivity contribution in [3.63, 3.8) is 0 Å². The zero-order valence-corrected chi connectivity index (χ0v) is 13.9. The molecule has 1 amide bonds. The summed E-state index contributed by atoms with van der Waals surface area (Å²) < 4.78 is 10.0. The van der Waals surface area contributed by atoms with E-state index in [0.29, 0.717) is 10.6 Å². The summed E-state index contributed by atoms with van der Waals surface area (Å²) in [6.07, 6.45) is 0.350. The van der Waals surface area contributed by atoms with Crippen molar-refractivity contribution < 1.29 is 23.5 Å². The van der Waals surface area contributed by atoms with Crippen molar-refractivity contribution in [2.45, 2.75) is 26.0 Å². The second-order valence-electron chi connectivity index (χ2n) is 5.13. The van der Waals surface area contributed by atoms with E-state index >= 15 is 0 Å². The van der Waals surface area contributed by atoms with Crippen molar-refractivity contribution >= 4 is 29.3 Å². The quantitative estimate of drug-likeness (QED) is 0.640. The molecule has 2 aromatic rings. The number of amides is 1. The highest BCUT2D eigenvalue weighted by molar-refractivity contribution is 6.31. The Morgan fingerprint density at radius 3 is 2.54 bits per heavy atom. The molecule has 1 unspecified atom stereocenters. The molecule has 0 aliphatic carbocycles. The van der Waals surface area contributed by atoms with Gasteiger partial charge in [-0.2, -0.15) is 0 Å². The Morgan fingerprint density at radius 1 is 1.17 bits per heavy atom. The van der Waals surface area contributed by atoms with Crippen LogP contribution in [0.3, 0.4) is 0 Å². The highest BCUT2D eigenvalue weighted by Gasteiger charge is 2.24. The smallest absolute Gasteiger partial charge is 0.329 e. The van der Waals surface area contributed by atoms with Crippen LogP contribution in [-0.2, 0) is 9.53 Å². The molecule has 6 nitrogen and oxygen atoms in total. The number of rotatable bonds is 6. The van der Waals surface area contributed by atoms with Gasteiger partial charge in [-0.05, 0) is 38.1 Å². The lowest BCUT2D eigenvalue weighted by atomic mass is 10.1. The van der Waals surface area contributed by atoms with Crippen LogP contribution in [0, 0.1) is 0 Å². The number of hydrogen-bond acceptors (Lipinski definition) is 5. The number of Topliss-reactive ketones (excluding diaryl/α,β-unsaturated/α-hetero) is 1. The Kier molecular flexibility index (Phi) is 5.76. The van der Waals surface area contributed by atoms with Crippen molar-refractivity contribution in [3.05, 3.63) is 59.0 Å². The summed E-state index contributed by atoms with van der Waals surface area (Å²) in [5.41, 5.74) is 0.343. The fourth-order valence-electron chi connectivity index (χ4n) is 1.94. The first-order chi connectivity index (χ1) is 11.4. The van der Waals surface area contributed by atoms with E-state index in [4.69, 9.17) is 20.8 Å². The number of carbonyl (C=O) groups is 3. The van der Waals surface area contributed by atoms with Crippen molar-refractivity contribution in [2.75, 3.05) is 0 Å². The lowest BCUT2D eigenvalue weighted by Crippen LogP contribution is -2.41. The van der Waals surface area contributed by atoms with E-state index in [1.807, 2.05) is 0 Å². The van der Waals surface area contributed by atoms with Crippen molar-refractivity contribution in [1.29, 1.82) is 0 Å². The second-order valence-corrected chi connectivity index (χ2v) is 5.56. The molecule has 1 N–H and O–H groups in total. The van der Waals surface area contributed by atoms with Gasteiger partial charge in [0.25, 0.3) is 5.91 Å². The maximum absolute atomic E-state index is 12.2. The summed E-state index contributed by atoms with van der Waals surface area (Å²) in [7, 11) is 0. The monoisotopic (exact) mass is 349 g/mol. The van der Waals surface area contributed by atoms with Gasteiger partial charge in [0.2, 0.25) is 5.78 Å². The largest absolute Gasteiger partial charge is 0.459 e. The lowest BCUT2D eigenvalue weighted by Gasteiger charge is -2.16. The third-order valence-electron chi connectivity index (χ3n) is 3.22. The van der Waals surface area contributed by atoms with Crippen LogP contribution in [-0.4, -0.2) is 29.8 Å². The first kappa shape index (κ1) is 17.7.